The van der Waals surface area contributed by atoms with E-state index in [4.69, 9.17) is 13.9 Å². The zero-order valence-corrected chi connectivity index (χ0v) is 15.9. The van der Waals surface area contributed by atoms with Crippen LogP contribution in [-0.4, -0.2) is 25.4 Å². The quantitative estimate of drug-likeness (QED) is 0.596. The number of nitrogens with one attached hydrogen (secondary N) is 1. The molecule has 6 heteroatoms. The van der Waals surface area contributed by atoms with Crippen molar-refractivity contribution in [3.8, 4) is 22.8 Å². The molecule has 0 bridgehead atoms. The third-order valence-corrected chi connectivity index (χ3v) is 4.13. The van der Waals surface area contributed by atoms with Gasteiger partial charge in [-0.05, 0) is 38.1 Å². The molecule has 0 unspecified atom stereocenters. The first kappa shape index (κ1) is 19.2. The van der Waals surface area contributed by atoms with Crippen LogP contribution in [0, 0.1) is 0 Å². The van der Waals surface area contributed by atoms with E-state index in [-0.39, 0.29) is 17.5 Å². The van der Waals surface area contributed by atoms with Crippen LogP contribution in [0.25, 0.3) is 11.3 Å². The number of hydrogen-bond donors (Lipinski definition) is 1. The highest BCUT2D eigenvalue weighted by Crippen LogP contribution is 2.30. The molecule has 1 aromatic heterocycles. The van der Waals surface area contributed by atoms with E-state index in [0.29, 0.717) is 35.1 Å². The van der Waals surface area contributed by atoms with Gasteiger partial charge >= 0.3 is 0 Å². The molecule has 2 aromatic carbocycles. The average Bonchev–Trinajstić information content (AvgIpc) is 3.19. The fraction of sp³-hybridized carbons (Fsp3) is 0.182. The van der Waals surface area contributed by atoms with Gasteiger partial charge in [0.1, 0.15) is 5.76 Å². The van der Waals surface area contributed by atoms with Gasteiger partial charge in [0, 0.05) is 22.9 Å². The summed E-state index contributed by atoms with van der Waals surface area (Å²) in [6.07, 6.45) is 0. The molecule has 1 heterocycles. The van der Waals surface area contributed by atoms with Crippen LogP contribution >= 0.6 is 0 Å². The number of hydrogen-bond acceptors (Lipinski definition) is 5. The van der Waals surface area contributed by atoms with Crippen molar-refractivity contribution < 1.29 is 23.5 Å². The Hall–Kier alpha value is -3.54. The number of ether oxygens (including phenoxy) is 2. The zero-order valence-electron chi connectivity index (χ0n) is 15.9. The molecule has 3 rings (SSSR count). The zero-order chi connectivity index (χ0) is 20.1. The first-order chi connectivity index (χ1) is 13.5. The summed E-state index contributed by atoms with van der Waals surface area (Å²) in [5.41, 5.74) is 1.97. The topological polar surface area (TPSA) is 77.8 Å². The van der Waals surface area contributed by atoms with E-state index >= 15 is 0 Å². The van der Waals surface area contributed by atoms with Gasteiger partial charge in [-0.3, -0.25) is 9.59 Å². The van der Waals surface area contributed by atoms with Crippen LogP contribution in [0.3, 0.4) is 0 Å². The Kier molecular flexibility index (Phi) is 5.79. The smallest absolute Gasteiger partial charge is 0.291 e. The van der Waals surface area contributed by atoms with E-state index in [1.807, 2.05) is 6.92 Å². The van der Waals surface area contributed by atoms with Gasteiger partial charge in [-0.2, -0.15) is 0 Å². The summed E-state index contributed by atoms with van der Waals surface area (Å²) >= 11 is 0. The van der Waals surface area contributed by atoms with Crippen LogP contribution in [0.2, 0.25) is 0 Å². The van der Waals surface area contributed by atoms with Gasteiger partial charge in [-0.1, -0.05) is 24.3 Å². The summed E-state index contributed by atoms with van der Waals surface area (Å²) in [6.45, 7) is 3.92. The van der Waals surface area contributed by atoms with Crippen molar-refractivity contribution in [1.82, 2.24) is 0 Å². The summed E-state index contributed by atoms with van der Waals surface area (Å²) in [6, 6.07) is 15.5. The molecule has 0 aliphatic carbocycles. The monoisotopic (exact) mass is 379 g/mol. The maximum Gasteiger partial charge on any atom is 0.291 e. The Morgan fingerprint density at radius 1 is 1.00 bits per heavy atom. The largest absolute Gasteiger partial charge is 0.493 e. The predicted octanol–water partition coefficient (Wildman–Crippen LogP) is 4.81. The first-order valence-electron chi connectivity index (χ1n) is 8.85. The molecule has 6 nitrogen and oxygen atoms in total. The van der Waals surface area contributed by atoms with Crippen molar-refractivity contribution >= 4 is 17.4 Å². The minimum absolute atomic E-state index is 0.00292. The van der Waals surface area contributed by atoms with Gasteiger partial charge in [0.2, 0.25) is 0 Å². The van der Waals surface area contributed by atoms with Gasteiger partial charge in [0.15, 0.2) is 23.0 Å². The van der Waals surface area contributed by atoms with Crippen molar-refractivity contribution in [2.24, 2.45) is 0 Å². The van der Waals surface area contributed by atoms with Crippen LogP contribution in [0.15, 0.2) is 59.0 Å². The Labute approximate surface area is 163 Å². The highest BCUT2D eigenvalue weighted by atomic mass is 16.5. The molecule has 0 radical (unpaired) electrons. The van der Waals surface area contributed by atoms with E-state index in [9.17, 15) is 9.59 Å². The fourth-order valence-corrected chi connectivity index (χ4v) is 2.70. The molecule has 144 valence electrons. The molecule has 1 N–H and O–H groups in total. The maximum atomic E-state index is 12.5. The minimum Gasteiger partial charge on any atom is -0.493 e. The van der Waals surface area contributed by atoms with Crippen molar-refractivity contribution in [3.63, 3.8) is 0 Å². The lowest BCUT2D eigenvalue weighted by molar-refractivity contribution is 0.0994. The average molecular weight is 379 g/mol. The van der Waals surface area contributed by atoms with E-state index in [1.54, 1.807) is 61.7 Å². The van der Waals surface area contributed by atoms with Crippen LogP contribution in [-0.2, 0) is 0 Å². The lowest BCUT2D eigenvalue weighted by Crippen LogP contribution is -2.11. The normalized spacial score (nSPS) is 10.4. The number of carbonyl (C=O) groups is 2. The molecular formula is C22H21NO5. The molecule has 3 aromatic rings. The highest BCUT2D eigenvalue weighted by molar-refractivity contribution is 6.02. The SMILES string of the molecule is CCOc1ccc(NC(=O)c2ccc(-c3ccc(C(C)=O)cc3)o2)cc1OC. The summed E-state index contributed by atoms with van der Waals surface area (Å²) in [5.74, 6) is 1.49. The second-order valence-corrected chi connectivity index (χ2v) is 6.05. The maximum absolute atomic E-state index is 12.5. The number of amides is 1. The number of ketones is 1. The van der Waals surface area contributed by atoms with E-state index < -0.39 is 0 Å². The third-order valence-electron chi connectivity index (χ3n) is 4.13. The molecular weight excluding hydrogens is 358 g/mol. The fourth-order valence-electron chi connectivity index (χ4n) is 2.70. The first-order valence-corrected chi connectivity index (χ1v) is 8.85. The standard InChI is InChI=1S/C22H21NO5/c1-4-27-19-10-9-17(13-21(19)26-3)23-22(25)20-12-11-18(28-20)16-7-5-15(6-8-16)14(2)24/h5-13H,4H2,1-3H3,(H,23,25). The van der Waals surface area contributed by atoms with Gasteiger partial charge in [-0.25, -0.2) is 0 Å². The molecule has 0 spiro atoms. The summed E-state index contributed by atoms with van der Waals surface area (Å²) in [7, 11) is 1.54. The van der Waals surface area contributed by atoms with Crippen molar-refractivity contribution in [2.75, 3.05) is 19.0 Å². The third kappa shape index (κ3) is 4.23. The number of anilines is 1. The Morgan fingerprint density at radius 3 is 2.39 bits per heavy atom. The molecule has 0 aliphatic rings. The molecule has 0 saturated heterocycles. The molecule has 1 amide bonds. The number of furan rings is 1. The van der Waals surface area contributed by atoms with Gasteiger partial charge in [-0.15, -0.1) is 0 Å². The Bertz CT molecular complexity index is 988. The predicted molar refractivity (Wildman–Crippen MR) is 106 cm³/mol. The number of benzene rings is 2. The lowest BCUT2D eigenvalue weighted by Gasteiger charge is -2.11. The Morgan fingerprint density at radius 2 is 1.75 bits per heavy atom. The summed E-state index contributed by atoms with van der Waals surface area (Å²) in [4.78, 5) is 23.9. The highest BCUT2D eigenvalue weighted by Gasteiger charge is 2.14. The van der Waals surface area contributed by atoms with Gasteiger partial charge < -0.3 is 19.2 Å². The number of Topliss-reactive ketones (excluding diaryl/α,β-unsaturated/α-hetero) is 1. The lowest BCUT2D eigenvalue weighted by atomic mass is 10.1. The minimum atomic E-state index is -0.377. The van der Waals surface area contributed by atoms with E-state index in [2.05, 4.69) is 5.32 Å². The van der Waals surface area contributed by atoms with Gasteiger partial charge in [0.05, 0.1) is 13.7 Å². The van der Waals surface area contributed by atoms with Crippen molar-refractivity contribution in [1.29, 1.82) is 0 Å². The van der Waals surface area contributed by atoms with Crippen LogP contribution in [0.5, 0.6) is 11.5 Å². The van der Waals surface area contributed by atoms with Crippen LogP contribution < -0.4 is 14.8 Å². The molecule has 0 fully saturated rings. The van der Waals surface area contributed by atoms with E-state index in [1.165, 1.54) is 6.92 Å². The molecule has 0 atom stereocenters. The van der Waals surface area contributed by atoms with Crippen molar-refractivity contribution in [3.05, 3.63) is 65.9 Å². The summed E-state index contributed by atoms with van der Waals surface area (Å²) in [5, 5.41) is 2.78. The number of carbonyl (C=O) groups excluding carboxylic acids is 2. The second-order valence-electron chi connectivity index (χ2n) is 6.05. The second kappa shape index (κ2) is 8.43. The number of rotatable bonds is 7. The van der Waals surface area contributed by atoms with Crippen molar-refractivity contribution in [2.45, 2.75) is 13.8 Å². The van der Waals surface area contributed by atoms with Crippen LogP contribution in [0.1, 0.15) is 34.8 Å². The van der Waals surface area contributed by atoms with Crippen LogP contribution in [0.4, 0.5) is 5.69 Å². The Balaban J connectivity index is 1.74. The molecule has 0 aliphatic heterocycles. The summed E-state index contributed by atoms with van der Waals surface area (Å²) < 4.78 is 16.4. The number of methoxy groups -OCH3 is 1. The van der Waals surface area contributed by atoms with E-state index in [0.717, 1.165) is 5.56 Å². The van der Waals surface area contributed by atoms with Gasteiger partial charge in [0.25, 0.3) is 5.91 Å². The molecule has 0 saturated carbocycles. The molecule has 28 heavy (non-hydrogen) atoms.